The second kappa shape index (κ2) is 10.6. The van der Waals surface area contributed by atoms with Crippen LogP contribution in [0.1, 0.15) is 17.5 Å². The van der Waals surface area contributed by atoms with E-state index in [1.54, 1.807) is 0 Å². The molecule has 3 rings (SSSR count). The van der Waals surface area contributed by atoms with Gasteiger partial charge in [0.05, 0.1) is 0 Å². The number of nitrogen functional groups attached to an aromatic ring is 1. The lowest BCUT2D eigenvalue weighted by Gasteiger charge is -2.37. The Hall–Kier alpha value is -1.62. The topological polar surface area (TPSA) is 49.6 Å². The lowest BCUT2D eigenvalue weighted by Crippen LogP contribution is -2.49. The van der Waals surface area contributed by atoms with Gasteiger partial charge in [0, 0.05) is 49.0 Å². The first-order valence-electron chi connectivity index (χ1n) is 8.67. The summed E-state index contributed by atoms with van der Waals surface area (Å²) in [6.07, 6.45) is 1.20. The van der Waals surface area contributed by atoms with Crippen LogP contribution in [0.15, 0.2) is 42.5 Å². The fourth-order valence-electron chi connectivity index (χ4n) is 3.28. The molecule has 1 heterocycles. The molecule has 0 radical (unpaired) electrons. The lowest BCUT2D eigenvalue weighted by atomic mass is 10.1. The molecule has 2 aromatic rings. The Bertz CT molecular complexity index is 762. The maximum atomic E-state index is 12.5. The molecule has 7 heteroatoms. The van der Waals surface area contributed by atoms with Gasteiger partial charge >= 0.3 is 0 Å². The van der Waals surface area contributed by atoms with Crippen LogP contribution in [0.3, 0.4) is 0 Å². The van der Waals surface area contributed by atoms with E-state index < -0.39 is 0 Å². The second-order valence-electron chi connectivity index (χ2n) is 6.50. The average Bonchev–Trinajstić information content (AvgIpc) is 2.63. The summed E-state index contributed by atoms with van der Waals surface area (Å²) in [5.41, 5.74) is 10.1. The summed E-state index contributed by atoms with van der Waals surface area (Å²) in [6, 6.07) is 13.7. The first-order chi connectivity index (χ1) is 12.0. The Kier molecular flexibility index (Phi) is 9.23. The van der Waals surface area contributed by atoms with E-state index in [1.165, 1.54) is 5.56 Å². The highest BCUT2D eigenvalue weighted by atomic mass is 35.5. The van der Waals surface area contributed by atoms with Crippen LogP contribution in [0.4, 0.5) is 11.4 Å². The van der Waals surface area contributed by atoms with Crippen LogP contribution in [0.25, 0.3) is 0 Å². The van der Waals surface area contributed by atoms with Crippen LogP contribution in [-0.2, 0) is 11.2 Å². The van der Waals surface area contributed by atoms with Crippen molar-refractivity contribution in [3.8, 4) is 0 Å². The summed E-state index contributed by atoms with van der Waals surface area (Å²) in [7, 11) is 0. The Morgan fingerprint density at radius 1 is 1.07 bits per heavy atom. The largest absolute Gasteiger partial charge is 0.399 e. The van der Waals surface area contributed by atoms with Crippen LogP contribution in [-0.4, -0.2) is 37.0 Å². The van der Waals surface area contributed by atoms with E-state index in [-0.39, 0.29) is 30.7 Å². The number of anilines is 2. The smallest absolute Gasteiger partial charge is 0.223 e. The molecular weight excluding hydrogens is 405 g/mol. The summed E-state index contributed by atoms with van der Waals surface area (Å²) in [5.74, 6) is 0.200. The van der Waals surface area contributed by atoms with Crippen molar-refractivity contribution in [2.75, 3.05) is 36.8 Å². The van der Waals surface area contributed by atoms with Crippen LogP contribution in [0.5, 0.6) is 0 Å². The highest BCUT2D eigenvalue weighted by Crippen LogP contribution is 2.25. The Balaban J connectivity index is 0.00000182. The van der Waals surface area contributed by atoms with Crippen molar-refractivity contribution in [3.05, 3.63) is 58.6 Å². The molecule has 0 unspecified atom stereocenters. The third kappa shape index (κ3) is 5.93. The van der Waals surface area contributed by atoms with Crippen molar-refractivity contribution < 1.29 is 4.79 Å². The summed E-state index contributed by atoms with van der Waals surface area (Å²) in [6.45, 7) is 5.25. The zero-order valence-electron chi connectivity index (χ0n) is 15.4. The molecule has 0 saturated carbocycles. The van der Waals surface area contributed by atoms with E-state index in [4.69, 9.17) is 17.3 Å². The minimum Gasteiger partial charge on any atom is -0.399 e. The first kappa shape index (κ1) is 23.4. The number of nitrogens with zero attached hydrogens (tertiary/aromatic N) is 2. The normalized spacial score (nSPS) is 13.6. The summed E-state index contributed by atoms with van der Waals surface area (Å²) in [4.78, 5) is 16.8. The summed E-state index contributed by atoms with van der Waals surface area (Å²) >= 11 is 6.13. The number of nitrogens with two attached hydrogens (primary N) is 1. The fourth-order valence-corrected chi connectivity index (χ4v) is 3.45. The van der Waals surface area contributed by atoms with Gasteiger partial charge in [-0.15, -0.1) is 24.8 Å². The highest BCUT2D eigenvalue weighted by Gasteiger charge is 2.22. The van der Waals surface area contributed by atoms with Gasteiger partial charge in [-0.2, -0.15) is 0 Å². The van der Waals surface area contributed by atoms with Gasteiger partial charge < -0.3 is 15.5 Å². The number of piperazine rings is 1. The van der Waals surface area contributed by atoms with Gasteiger partial charge in [-0.25, -0.2) is 0 Å². The summed E-state index contributed by atoms with van der Waals surface area (Å²) < 4.78 is 0. The minimum absolute atomic E-state index is 0. The standard InChI is InChI=1S/C20H24ClN3O.2ClH/c1-15-6-8-17(21)14-19(15)23-10-12-24(13-11-23)20(25)9-7-16-4-2-3-5-18(16)22;;/h2-6,8,14H,7,9-13,22H2,1H3;2*1H. The van der Waals surface area contributed by atoms with Crippen LogP contribution in [0.2, 0.25) is 5.02 Å². The van der Waals surface area contributed by atoms with Gasteiger partial charge in [0.2, 0.25) is 5.91 Å². The molecule has 0 spiro atoms. The van der Waals surface area contributed by atoms with Crippen molar-refractivity contribution in [2.45, 2.75) is 19.8 Å². The predicted molar refractivity (Wildman–Crippen MR) is 119 cm³/mol. The maximum absolute atomic E-state index is 12.5. The molecule has 0 aromatic heterocycles. The van der Waals surface area contributed by atoms with E-state index in [9.17, 15) is 4.79 Å². The van der Waals surface area contributed by atoms with Gasteiger partial charge in [0.15, 0.2) is 0 Å². The van der Waals surface area contributed by atoms with E-state index in [0.717, 1.165) is 48.1 Å². The number of halogens is 3. The van der Waals surface area contributed by atoms with Gasteiger partial charge in [-0.1, -0.05) is 35.9 Å². The molecule has 1 amide bonds. The third-order valence-electron chi connectivity index (χ3n) is 4.81. The van der Waals surface area contributed by atoms with Crippen molar-refractivity contribution in [1.29, 1.82) is 0 Å². The van der Waals surface area contributed by atoms with Gasteiger partial charge in [0.25, 0.3) is 0 Å². The molecule has 148 valence electrons. The van der Waals surface area contributed by atoms with Gasteiger partial charge in [0.1, 0.15) is 0 Å². The molecular formula is C20H26Cl3N3O. The molecule has 1 fully saturated rings. The predicted octanol–water partition coefficient (Wildman–Crippen LogP) is 4.36. The van der Waals surface area contributed by atoms with Crippen LogP contribution in [0, 0.1) is 6.92 Å². The quantitative estimate of drug-likeness (QED) is 0.733. The number of para-hydroxylation sites is 1. The summed E-state index contributed by atoms with van der Waals surface area (Å²) in [5, 5.41) is 0.750. The Labute approximate surface area is 178 Å². The second-order valence-corrected chi connectivity index (χ2v) is 6.93. The van der Waals surface area contributed by atoms with Crippen molar-refractivity contribution >= 4 is 53.7 Å². The van der Waals surface area contributed by atoms with Crippen LogP contribution >= 0.6 is 36.4 Å². The number of benzene rings is 2. The number of carbonyl (C=O) groups is 1. The lowest BCUT2D eigenvalue weighted by molar-refractivity contribution is -0.131. The highest BCUT2D eigenvalue weighted by molar-refractivity contribution is 6.30. The zero-order chi connectivity index (χ0) is 17.8. The number of rotatable bonds is 4. The van der Waals surface area contributed by atoms with Gasteiger partial charge in [-0.05, 0) is 42.7 Å². The Morgan fingerprint density at radius 3 is 2.41 bits per heavy atom. The van der Waals surface area contributed by atoms with Crippen molar-refractivity contribution in [2.24, 2.45) is 0 Å². The molecule has 0 bridgehead atoms. The van der Waals surface area contributed by atoms with E-state index in [2.05, 4.69) is 11.8 Å². The number of amides is 1. The number of carbonyl (C=O) groups excluding carboxylic acids is 1. The van der Waals surface area contributed by atoms with Crippen molar-refractivity contribution in [3.63, 3.8) is 0 Å². The molecule has 1 aliphatic rings. The molecule has 0 aliphatic carbocycles. The number of hydrogen-bond donors (Lipinski definition) is 1. The van der Waals surface area contributed by atoms with E-state index >= 15 is 0 Å². The molecule has 0 atom stereocenters. The van der Waals surface area contributed by atoms with Gasteiger partial charge in [-0.3, -0.25) is 4.79 Å². The molecule has 2 aromatic carbocycles. The van der Waals surface area contributed by atoms with Crippen LogP contribution < -0.4 is 10.6 Å². The monoisotopic (exact) mass is 429 g/mol. The SMILES string of the molecule is Cc1ccc(Cl)cc1N1CCN(C(=O)CCc2ccccc2N)CC1.Cl.Cl. The molecule has 27 heavy (non-hydrogen) atoms. The molecule has 1 aliphatic heterocycles. The number of hydrogen-bond acceptors (Lipinski definition) is 3. The molecule has 1 saturated heterocycles. The average molecular weight is 431 g/mol. The van der Waals surface area contributed by atoms with Crippen molar-refractivity contribution in [1.82, 2.24) is 4.90 Å². The minimum atomic E-state index is 0. The Morgan fingerprint density at radius 2 is 1.74 bits per heavy atom. The van der Waals surface area contributed by atoms with E-state index in [0.29, 0.717) is 12.8 Å². The number of aryl methyl sites for hydroxylation is 2. The molecule has 2 N–H and O–H groups in total. The molecule has 4 nitrogen and oxygen atoms in total. The first-order valence-corrected chi connectivity index (χ1v) is 9.04. The maximum Gasteiger partial charge on any atom is 0.223 e. The fraction of sp³-hybridized carbons (Fsp3) is 0.350. The van der Waals surface area contributed by atoms with E-state index in [1.807, 2.05) is 47.4 Å². The third-order valence-corrected chi connectivity index (χ3v) is 5.04. The zero-order valence-corrected chi connectivity index (χ0v) is 17.7.